The molecule has 2 fully saturated rings. The van der Waals surface area contributed by atoms with Crippen LogP contribution in [-0.4, -0.2) is 17.5 Å². The van der Waals surface area contributed by atoms with Crippen LogP contribution >= 0.6 is 0 Å². The lowest BCUT2D eigenvalue weighted by Gasteiger charge is -2.34. The highest BCUT2D eigenvalue weighted by Crippen LogP contribution is 2.40. The molecular formula is C16H19N. The molecule has 0 bridgehead atoms. The summed E-state index contributed by atoms with van der Waals surface area (Å²) in [5, 5.41) is 0. The van der Waals surface area contributed by atoms with Crippen LogP contribution in [0.5, 0.6) is 0 Å². The van der Waals surface area contributed by atoms with E-state index in [0.717, 1.165) is 11.6 Å². The minimum atomic E-state index is 0.645. The molecule has 0 radical (unpaired) electrons. The lowest BCUT2D eigenvalue weighted by Crippen LogP contribution is -2.35. The van der Waals surface area contributed by atoms with Crippen molar-refractivity contribution >= 4 is 0 Å². The first-order valence-corrected chi connectivity index (χ1v) is 6.71. The summed E-state index contributed by atoms with van der Waals surface area (Å²) in [4.78, 5) is 2.72. The van der Waals surface area contributed by atoms with Gasteiger partial charge in [-0.15, -0.1) is 6.42 Å². The molecule has 2 aliphatic heterocycles. The Morgan fingerprint density at radius 1 is 1.06 bits per heavy atom. The monoisotopic (exact) mass is 225 g/mol. The first kappa shape index (κ1) is 10.9. The summed E-state index contributed by atoms with van der Waals surface area (Å²) in [6.07, 6.45) is 12.3. The Hall–Kier alpha value is -1.26. The fourth-order valence-corrected chi connectivity index (χ4v) is 3.42. The fraction of sp³-hybridized carbons (Fsp3) is 0.500. The number of hydrogen-bond donors (Lipinski definition) is 0. The van der Waals surface area contributed by atoms with E-state index in [9.17, 15) is 0 Å². The average Bonchev–Trinajstić information content (AvgIpc) is 2.83. The molecule has 1 heteroatoms. The standard InChI is InChI=1S/C16H19N/c1-2-13-6-8-14(9-7-13)16-11-10-15-5-3-4-12-17(15)16/h1,6-9,15-16H,3-5,10-12H2. The molecule has 17 heavy (non-hydrogen) atoms. The number of terminal acetylenes is 1. The molecule has 2 unspecified atom stereocenters. The molecule has 3 rings (SSSR count). The van der Waals surface area contributed by atoms with Crippen LogP contribution in [0, 0.1) is 12.3 Å². The summed E-state index contributed by atoms with van der Waals surface area (Å²) in [5.41, 5.74) is 2.44. The fourth-order valence-electron chi connectivity index (χ4n) is 3.42. The molecule has 2 saturated heterocycles. The van der Waals surface area contributed by atoms with Crippen LogP contribution in [0.2, 0.25) is 0 Å². The first-order chi connectivity index (χ1) is 8.38. The number of fused-ring (bicyclic) bond motifs is 1. The molecule has 0 aliphatic carbocycles. The van der Waals surface area contributed by atoms with Crippen molar-refractivity contribution in [2.45, 2.75) is 44.2 Å². The average molecular weight is 225 g/mol. The second-order valence-electron chi connectivity index (χ2n) is 5.25. The van der Waals surface area contributed by atoms with E-state index in [2.05, 4.69) is 35.1 Å². The van der Waals surface area contributed by atoms with Gasteiger partial charge in [-0.2, -0.15) is 0 Å². The molecule has 2 atom stereocenters. The van der Waals surface area contributed by atoms with Gasteiger partial charge in [-0.3, -0.25) is 4.90 Å². The van der Waals surface area contributed by atoms with Gasteiger partial charge in [0.05, 0.1) is 0 Å². The summed E-state index contributed by atoms with van der Waals surface area (Å²) in [5.74, 6) is 2.69. The van der Waals surface area contributed by atoms with E-state index in [-0.39, 0.29) is 0 Å². The van der Waals surface area contributed by atoms with Crippen molar-refractivity contribution in [2.75, 3.05) is 6.54 Å². The molecule has 0 saturated carbocycles. The van der Waals surface area contributed by atoms with Crippen LogP contribution in [0.1, 0.15) is 49.3 Å². The van der Waals surface area contributed by atoms with Crippen molar-refractivity contribution in [1.29, 1.82) is 0 Å². The third kappa shape index (κ3) is 1.98. The SMILES string of the molecule is C#Cc1ccc(C2CCC3CCCCN32)cc1. The Morgan fingerprint density at radius 3 is 2.65 bits per heavy atom. The maximum absolute atomic E-state index is 5.40. The van der Waals surface area contributed by atoms with Crippen LogP contribution in [0.15, 0.2) is 24.3 Å². The maximum atomic E-state index is 5.40. The van der Waals surface area contributed by atoms with Crippen molar-refractivity contribution < 1.29 is 0 Å². The summed E-state index contributed by atoms with van der Waals surface area (Å²) < 4.78 is 0. The van der Waals surface area contributed by atoms with Gasteiger partial charge in [-0.25, -0.2) is 0 Å². The summed E-state index contributed by atoms with van der Waals surface area (Å²) >= 11 is 0. The van der Waals surface area contributed by atoms with Gasteiger partial charge in [0.2, 0.25) is 0 Å². The number of nitrogens with zero attached hydrogens (tertiary/aromatic N) is 1. The second-order valence-corrected chi connectivity index (χ2v) is 5.25. The van der Waals surface area contributed by atoms with Crippen molar-refractivity contribution in [3.05, 3.63) is 35.4 Å². The Kier molecular flexibility index (Phi) is 2.91. The normalized spacial score (nSPS) is 28.6. The van der Waals surface area contributed by atoms with E-state index in [4.69, 9.17) is 6.42 Å². The van der Waals surface area contributed by atoms with E-state index >= 15 is 0 Å². The first-order valence-electron chi connectivity index (χ1n) is 6.71. The Morgan fingerprint density at radius 2 is 1.88 bits per heavy atom. The second kappa shape index (κ2) is 4.55. The largest absolute Gasteiger partial charge is 0.293 e. The number of hydrogen-bond acceptors (Lipinski definition) is 1. The molecule has 2 aliphatic rings. The molecule has 0 spiro atoms. The van der Waals surface area contributed by atoms with E-state index < -0.39 is 0 Å². The van der Waals surface area contributed by atoms with Gasteiger partial charge in [-0.1, -0.05) is 24.5 Å². The topological polar surface area (TPSA) is 3.24 Å². The summed E-state index contributed by atoms with van der Waals surface area (Å²) in [7, 11) is 0. The van der Waals surface area contributed by atoms with E-state index in [0.29, 0.717) is 6.04 Å². The Labute approximate surface area is 104 Å². The highest BCUT2D eigenvalue weighted by molar-refractivity contribution is 5.35. The zero-order valence-corrected chi connectivity index (χ0v) is 10.2. The van der Waals surface area contributed by atoms with Gasteiger partial charge in [-0.05, 0) is 49.9 Å². The summed E-state index contributed by atoms with van der Waals surface area (Å²) in [6, 6.07) is 10.1. The Balaban J connectivity index is 1.81. The van der Waals surface area contributed by atoms with Crippen LogP contribution < -0.4 is 0 Å². The van der Waals surface area contributed by atoms with Crippen LogP contribution in [-0.2, 0) is 0 Å². The molecule has 1 aromatic carbocycles. The van der Waals surface area contributed by atoms with Gasteiger partial charge in [0.1, 0.15) is 0 Å². The summed E-state index contributed by atoms with van der Waals surface area (Å²) in [6.45, 7) is 1.28. The lowest BCUT2D eigenvalue weighted by atomic mass is 10.0. The predicted molar refractivity (Wildman–Crippen MR) is 70.7 cm³/mol. The lowest BCUT2D eigenvalue weighted by molar-refractivity contribution is 0.150. The van der Waals surface area contributed by atoms with E-state index in [1.54, 1.807) is 0 Å². The van der Waals surface area contributed by atoms with E-state index in [1.165, 1.54) is 44.2 Å². The van der Waals surface area contributed by atoms with Crippen molar-refractivity contribution in [1.82, 2.24) is 4.90 Å². The smallest absolute Gasteiger partial charge is 0.0351 e. The zero-order valence-electron chi connectivity index (χ0n) is 10.2. The van der Waals surface area contributed by atoms with Crippen molar-refractivity contribution in [2.24, 2.45) is 0 Å². The van der Waals surface area contributed by atoms with Gasteiger partial charge in [0.25, 0.3) is 0 Å². The molecule has 0 amide bonds. The molecule has 1 aromatic rings. The van der Waals surface area contributed by atoms with Crippen molar-refractivity contribution in [3.8, 4) is 12.3 Å². The minimum Gasteiger partial charge on any atom is -0.293 e. The van der Waals surface area contributed by atoms with Gasteiger partial charge >= 0.3 is 0 Å². The maximum Gasteiger partial charge on any atom is 0.0351 e. The molecular weight excluding hydrogens is 206 g/mol. The van der Waals surface area contributed by atoms with Crippen molar-refractivity contribution in [3.63, 3.8) is 0 Å². The third-order valence-corrected chi connectivity index (χ3v) is 4.31. The molecule has 1 nitrogen and oxygen atoms in total. The quantitative estimate of drug-likeness (QED) is 0.662. The van der Waals surface area contributed by atoms with Gasteiger partial charge in [0, 0.05) is 17.6 Å². The third-order valence-electron chi connectivity index (χ3n) is 4.31. The Bertz CT molecular complexity index is 426. The minimum absolute atomic E-state index is 0.645. The highest BCUT2D eigenvalue weighted by atomic mass is 15.2. The number of piperidine rings is 1. The molecule has 88 valence electrons. The number of rotatable bonds is 1. The highest BCUT2D eigenvalue weighted by Gasteiger charge is 2.35. The van der Waals surface area contributed by atoms with E-state index in [1.807, 2.05) is 0 Å². The van der Waals surface area contributed by atoms with Crippen LogP contribution in [0.25, 0.3) is 0 Å². The van der Waals surface area contributed by atoms with Crippen LogP contribution in [0.3, 0.4) is 0 Å². The van der Waals surface area contributed by atoms with Gasteiger partial charge in [0.15, 0.2) is 0 Å². The predicted octanol–water partition coefficient (Wildman–Crippen LogP) is 3.36. The molecule has 0 N–H and O–H groups in total. The number of benzene rings is 1. The molecule has 0 aromatic heterocycles. The molecule has 2 heterocycles. The van der Waals surface area contributed by atoms with Crippen LogP contribution in [0.4, 0.5) is 0 Å². The van der Waals surface area contributed by atoms with Gasteiger partial charge < -0.3 is 0 Å². The zero-order chi connectivity index (χ0) is 11.7.